The summed E-state index contributed by atoms with van der Waals surface area (Å²) < 4.78 is 0. The van der Waals surface area contributed by atoms with E-state index < -0.39 is 11.4 Å². The third-order valence-corrected chi connectivity index (χ3v) is 2.92. The molecule has 1 amide bonds. The van der Waals surface area contributed by atoms with E-state index >= 15 is 0 Å². The van der Waals surface area contributed by atoms with Crippen LogP contribution in [0.2, 0.25) is 5.02 Å². The molecule has 0 aliphatic rings. The van der Waals surface area contributed by atoms with Crippen LogP contribution in [0.5, 0.6) is 0 Å². The Hall–Kier alpha value is -1.82. The molecule has 0 saturated carbocycles. The van der Waals surface area contributed by atoms with Crippen molar-refractivity contribution < 1.29 is 14.7 Å². The molecule has 0 aliphatic heterocycles. The summed E-state index contributed by atoms with van der Waals surface area (Å²) in [6.07, 6.45) is 1.21. The van der Waals surface area contributed by atoms with Gasteiger partial charge in [0, 0.05) is 19.8 Å². The lowest BCUT2D eigenvalue weighted by atomic mass is 9.92. The van der Waals surface area contributed by atoms with Crippen molar-refractivity contribution in [3.8, 4) is 0 Å². The van der Waals surface area contributed by atoms with Crippen LogP contribution in [0.1, 0.15) is 24.2 Å². The number of pyridine rings is 1. The van der Waals surface area contributed by atoms with Gasteiger partial charge in [-0.2, -0.15) is 0 Å². The highest BCUT2D eigenvalue weighted by molar-refractivity contribution is 6.33. The fourth-order valence-electron chi connectivity index (χ4n) is 1.41. The number of nitrogens with zero attached hydrogens (tertiary/aromatic N) is 1. The van der Waals surface area contributed by atoms with Crippen LogP contribution in [0.4, 0.5) is 5.82 Å². The first-order valence-electron chi connectivity index (χ1n) is 5.63. The number of rotatable bonds is 5. The van der Waals surface area contributed by atoms with Crippen molar-refractivity contribution in [1.29, 1.82) is 0 Å². The first-order chi connectivity index (χ1) is 8.77. The molecule has 0 saturated heterocycles. The molecule has 0 aromatic carbocycles. The van der Waals surface area contributed by atoms with E-state index in [9.17, 15) is 9.59 Å². The molecule has 104 valence electrons. The van der Waals surface area contributed by atoms with Crippen LogP contribution in [-0.4, -0.2) is 35.6 Å². The van der Waals surface area contributed by atoms with Crippen LogP contribution in [0.15, 0.2) is 12.3 Å². The number of carboxylic acids is 1. The summed E-state index contributed by atoms with van der Waals surface area (Å²) in [5, 5.41) is 14.5. The van der Waals surface area contributed by atoms with E-state index in [0.717, 1.165) is 0 Å². The van der Waals surface area contributed by atoms with Crippen molar-refractivity contribution in [3.63, 3.8) is 0 Å². The number of carbonyl (C=O) groups excluding carboxylic acids is 1. The number of carboxylic acid groups (broad SMARTS) is 1. The average Bonchev–Trinajstić information content (AvgIpc) is 2.36. The van der Waals surface area contributed by atoms with Crippen molar-refractivity contribution in [2.75, 3.05) is 18.9 Å². The summed E-state index contributed by atoms with van der Waals surface area (Å²) in [4.78, 5) is 26.3. The zero-order valence-corrected chi connectivity index (χ0v) is 11.7. The van der Waals surface area contributed by atoms with Crippen LogP contribution in [0.25, 0.3) is 0 Å². The number of hydrogen-bond donors (Lipinski definition) is 3. The third kappa shape index (κ3) is 3.82. The standard InChI is InChI=1S/C12H16ClN3O3/c1-12(2,11(19)14-3)6-16-9-8(13)4-7(5-15-9)10(17)18/h4-5H,6H2,1-3H3,(H,14,19)(H,15,16)(H,17,18). The fourth-order valence-corrected chi connectivity index (χ4v) is 1.64. The Morgan fingerprint density at radius 1 is 1.47 bits per heavy atom. The maximum absolute atomic E-state index is 11.6. The second-order valence-electron chi connectivity index (χ2n) is 4.68. The summed E-state index contributed by atoms with van der Waals surface area (Å²) in [7, 11) is 1.57. The van der Waals surface area contributed by atoms with E-state index in [4.69, 9.17) is 16.7 Å². The van der Waals surface area contributed by atoms with Crippen molar-refractivity contribution in [3.05, 3.63) is 22.8 Å². The van der Waals surface area contributed by atoms with Crippen molar-refractivity contribution in [2.45, 2.75) is 13.8 Å². The quantitative estimate of drug-likeness (QED) is 0.764. The summed E-state index contributed by atoms with van der Waals surface area (Å²) in [6, 6.07) is 1.31. The Bertz CT molecular complexity index is 503. The van der Waals surface area contributed by atoms with Crippen LogP contribution in [0.3, 0.4) is 0 Å². The van der Waals surface area contributed by atoms with E-state index in [-0.39, 0.29) is 16.5 Å². The van der Waals surface area contributed by atoms with Gasteiger partial charge in [0.05, 0.1) is 16.0 Å². The number of amides is 1. The molecular formula is C12H16ClN3O3. The highest BCUT2D eigenvalue weighted by Crippen LogP contribution is 2.22. The molecular weight excluding hydrogens is 270 g/mol. The number of anilines is 1. The Morgan fingerprint density at radius 2 is 2.11 bits per heavy atom. The third-order valence-electron chi connectivity index (χ3n) is 2.63. The lowest BCUT2D eigenvalue weighted by Crippen LogP contribution is -2.39. The highest BCUT2D eigenvalue weighted by Gasteiger charge is 2.26. The van der Waals surface area contributed by atoms with Crippen molar-refractivity contribution in [1.82, 2.24) is 10.3 Å². The number of carbonyl (C=O) groups is 2. The van der Waals surface area contributed by atoms with Gasteiger partial charge in [0.15, 0.2) is 0 Å². The minimum absolute atomic E-state index is 0.0149. The van der Waals surface area contributed by atoms with E-state index in [1.54, 1.807) is 20.9 Å². The molecule has 1 rings (SSSR count). The Kier molecular flexibility index (Phi) is 4.72. The minimum atomic E-state index is -1.09. The largest absolute Gasteiger partial charge is 0.478 e. The maximum Gasteiger partial charge on any atom is 0.337 e. The molecule has 6 nitrogen and oxygen atoms in total. The van der Waals surface area contributed by atoms with Gasteiger partial charge >= 0.3 is 5.97 Å². The predicted molar refractivity (Wildman–Crippen MR) is 72.5 cm³/mol. The fraction of sp³-hybridized carbons (Fsp3) is 0.417. The molecule has 0 fully saturated rings. The van der Waals surface area contributed by atoms with Gasteiger partial charge in [-0.15, -0.1) is 0 Å². The molecule has 1 aromatic rings. The van der Waals surface area contributed by atoms with Gasteiger partial charge in [0.1, 0.15) is 5.82 Å². The van der Waals surface area contributed by atoms with Crippen molar-refractivity contribution >= 4 is 29.3 Å². The number of halogens is 1. The number of aromatic carboxylic acids is 1. The molecule has 0 atom stereocenters. The van der Waals surface area contributed by atoms with E-state index in [1.165, 1.54) is 12.3 Å². The van der Waals surface area contributed by atoms with Crippen LogP contribution < -0.4 is 10.6 Å². The second-order valence-corrected chi connectivity index (χ2v) is 5.08. The maximum atomic E-state index is 11.6. The zero-order chi connectivity index (χ0) is 14.6. The molecule has 7 heteroatoms. The van der Waals surface area contributed by atoms with Gasteiger partial charge < -0.3 is 15.7 Å². The molecule has 1 heterocycles. The Balaban J connectivity index is 2.79. The van der Waals surface area contributed by atoms with E-state index in [2.05, 4.69) is 15.6 Å². The Labute approximate surface area is 116 Å². The summed E-state index contributed by atoms with van der Waals surface area (Å²) in [5.74, 6) is -0.853. The molecule has 0 spiro atoms. The average molecular weight is 286 g/mol. The lowest BCUT2D eigenvalue weighted by Gasteiger charge is -2.23. The van der Waals surface area contributed by atoms with Crippen LogP contribution in [0, 0.1) is 5.41 Å². The molecule has 0 bridgehead atoms. The van der Waals surface area contributed by atoms with Gasteiger partial charge in [-0.1, -0.05) is 11.6 Å². The van der Waals surface area contributed by atoms with Gasteiger partial charge in [0.25, 0.3) is 0 Å². The number of aromatic nitrogens is 1. The molecule has 0 unspecified atom stereocenters. The van der Waals surface area contributed by atoms with Crippen LogP contribution >= 0.6 is 11.6 Å². The summed E-state index contributed by atoms with van der Waals surface area (Å²) in [6.45, 7) is 3.88. The van der Waals surface area contributed by atoms with Gasteiger partial charge in [-0.25, -0.2) is 9.78 Å². The molecule has 1 aromatic heterocycles. The highest BCUT2D eigenvalue weighted by atomic mass is 35.5. The van der Waals surface area contributed by atoms with E-state index in [1.807, 2.05) is 0 Å². The van der Waals surface area contributed by atoms with Gasteiger partial charge in [-0.3, -0.25) is 4.79 Å². The predicted octanol–water partition coefficient (Wildman–Crippen LogP) is 1.62. The summed E-state index contributed by atoms with van der Waals surface area (Å²) >= 11 is 5.93. The number of hydrogen-bond acceptors (Lipinski definition) is 4. The SMILES string of the molecule is CNC(=O)C(C)(C)CNc1ncc(C(=O)O)cc1Cl. The summed E-state index contributed by atoms with van der Waals surface area (Å²) in [5.41, 5.74) is -0.619. The van der Waals surface area contributed by atoms with E-state index in [0.29, 0.717) is 12.4 Å². The van der Waals surface area contributed by atoms with Crippen LogP contribution in [-0.2, 0) is 4.79 Å². The first kappa shape index (κ1) is 15.2. The number of nitrogens with one attached hydrogen (secondary N) is 2. The molecule has 0 aliphatic carbocycles. The normalized spacial score (nSPS) is 10.9. The topological polar surface area (TPSA) is 91.3 Å². The minimum Gasteiger partial charge on any atom is -0.478 e. The van der Waals surface area contributed by atoms with Gasteiger partial charge in [-0.05, 0) is 19.9 Å². The second kappa shape index (κ2) is 5.88. The lowest BCUT2D eigenvalue weighted by molar-refractivity contribution is -0.128. The molecule has 0 radical (unpaired) electrons. The Morgan fingerprint density at radius 3 is 2.58 bits per heavy atom. The monoisotopic (exact) mass is 285 g/mol. The smallest absolute Gasteiger partial charge is 0.337 e. The molecule has 3 N–H and O–H groups in total. The van der Waals surface area contributed by atoms with Gasteiger partial charge in [0.2, 0.25) is 5.91 Å². The molecule has 19 heavy (non-hydrogen) atoms. The zero-order valence-electron chi connectivity index (χ0n) is 11.0. The van der Waals surface area contributed by atoms with Crippen molar-refractivity contribution in [2.24, 2.45) is 5.41 Å². The first-order valence-corrected chi connectivity index (χ1v) is 6.00.